The van der Waals surface area contributed by atoms with Gasteiger partial charge in [-0.1, -0.05) is 24.3 Å². The van der Waals surface area contributed by atoms with E-state index in [-0.39, 0.29) is 5.56 Å². The van der Waals surface area contributed by atoms with Crippen molar-refractivity contribution in [2.24, 2.45) is 0 Å². The van der Waals surface area contributed by atoms with E-state index in [4.69, 9.17) is 0 Å². The second-order valence-electron chi connectivity index (χ2n) is 5.09. The summed E-state index contributed by atoms with van der Waals surface area (Å²) in [6, 6.07) is 9.91. The van der Waals surface area contributed by atoms with Crippen LogP contribution in [0, 0.1) is 6.92 Å². The summed E-state index contributed by atoms with van der Waals surface area (Å²) in [6.45, 7) is 5.23. The molecule has 0 amide bonds. The third kappa shape index (κ3) is 3.16. The molecular weight excluding hydrogens is 287 g/mol. The number of nitrogens with one attached hydrogen (secondary N) is 1. The van der Waals surface area contributed by atoms with Gasteiger partial charge in [0.1, 0.15) is 0 Å². The number of halogens is 3. The monoisotopic (exact) mass is 305 g/mol. The van der Waals surface area contributed by atoms with Gasteiger partial charge in [-0.25, -0.2) is 0 Å². The van der Waals surface area contributed by atoms with Crippen molar-refractivity contribution < 1.29 is 13.2 Å². The number of hydrogen-bond donors (Lipinski definition) is 1. The molecule has 2 rings (SSSR count). The van der Waals surface area contributed by atoms with Crippen LogP contribution >= 0.6 is 0 Å². The van der Waals surface area contributed by atoms with E-state index in [1.807, 2.05) is 25.2 Å². The van der Waals surface area contributed by atoms with Gasteiger partial charge in [0.15, 0.2) is 0 Å². The van der Waals surface area contributed by atoms with Crippen molar-refractivity contribution in [2.45, 2.75) is 19.5 Å². The summed E-state index contributed by atoms with van der Waals surface area (Å²) in [5.41, 5.74) is 2.99. The fourth-order valence-electron chi connectivity index (χ4n) is 2.59. The maximum atomic E-state index is 13.0. The Balaban J connectivity index is 2.57. The van der Waals surface area contributed by atoms with Crippen molar-refractivity contribution in [3.8, 4) is 11.1 Å². The van der Waals surface area contributed by atoms with Gasteiger partial charge in [0.05, 0.1) is 5.56 Å². The average molecular weight is 305 g/mol. The van der Waals surface area contributed by atoms with Crippen LogP contribution in [0.3, 0.4) is 0 Å². The van der Waals surface area contributed by atoms with Crippen molar-refractivity contribution in [1.29, 1.82) is 0 Å². The molecule has 0 bridgehead atoms. The number of rotatable bonds is 4. The Hall–Kier alpha value is -2.23. The van der Waals surface area contributed by atoms with Crippen LogP contribution in [-0.2, 0) is 12.6 Å². The number of alkyl halides is 3. The molecule has 0 heterocycles. The zero-order valence-electron chi connectivity index (χ0n) is 12.6. The first-order valence-corrected chi connectivity index (χ1v) is 6.97. The highest BCUT2D eigenvalue weighted by Crippen LogP contribution is 2.36. The Morgan fingerprint density at radius 2 is 1.91 bits per heavy atom. The molecule has 0 atom stereocenters. The molecular formula is C18H18F3N. The molecule has 0 radical (unpaired) electrons. The summed E-state index contributed by atoms with van der Waals surface area (Å²) in [4.78, 5) is 0. The lowest BCUT2D eigenvalue weighted by atomic mass is 9.94. The lowest BCUT2D eigenvalue weighted by Gasteiger charge is -2.16. The lowest BCUT2D eigenvalue weighted by Crippen LogP contribution is -2.08. The van der Waals surface area contributed by atoms with Crippen LogP contribution in [0.25, 0.3) is 11.1 Å². The van der Waals surface area contributed by atoms with Crippen molar-refractivity contribution >= 4 is 5.69 Å². The number of hydrogen-bond acceptors (Lipinski definition) is 1. The molecule has 2 aromatic carbocycles. The fourth-order valence-corrected chi connectivity index (χ4v) is 2.59. The van der Waals surface area contributed by atoms with Gasteiger partial charge >= 0.3 is 6.18 Å². The third-order valence-electron chi connectivity index (χ3n) is 3.69. The zero-order valence-corrected chi connectivity index (χ0v) is 12.6. The minimum atomic E-state index is -4.34. The Morgan fingerprint density at radius 1 is 1.18 bits per heavy atom. The standard InChI is InChI=1S/C18H18F3N/c1-4-6-14-11-13(9-10-17(14)22-3)15-7-5-8-16(12(15)2)18(19,20)21/h4-5,7-11,22H,1,6H2,2-3H3. The quantitative estimate of drug-likeness (QED) is 0.740. The number of benzene rings is 2. The fraction of sp³-hybridized carbons (Fsp3) is 0.222. The van der Waals surface area contributed by atoms with E-state index in [0.717, 1.165) is 22.9 Å². The maximum absolute atomic E-state index is 13.0. The second kappa shape index (κ2) is 6.26. The first-order valence-electron chi connectivity index (χ1n) is 6.97. The van der Waals surface area contributed by atoms with E-state index in [1.54, 1.807) is 12.1 Å². The Bertz CT molecular complexity index is 687. The molecule has 0 spiro atoms. The minimum Gasteiger partial charge on any atom is -0.388 e. The summed E-state index contributed by atoms with van der Waals surface area (Å²) in [7, 11) is 1.82. The zero-order chi connectivity index (χ0) is 16.3. The molecule has 1 N–H and O–H groups in total. The van der Waals surface area contributed by atoms with Crippen molar-refractivity contribution in [1.82, 2.24) is 0 Å². The minimum absolute atomic E-state index is 0.247. The van der Waals surface area contributed by atoms with E-state index in [9.17, 15) is 13.2 Å². The van der Waals surface area contributed by atoms with Crippen molar-refractivity contribution in [2.75, 3.05) is 12.4 Å². The maximum Gasteiger partial charge on any atom is 0.416 e. The third-order valence-corrected chi connectivity index (χ3v) is 3.69. The normalized spacial score (nSPS) is 11.3. The van der Waals surface area contributed by atoms with Crippen LogP contribution in [-0.4, -0.2) is 7.05 Å². The molecule has 0 saturated carbocycles. The highest BCUT2D eigenvalue weighted by atomic mass is 19.4. The number of allylic oxidation sites excluding steroid dienone is 1. The second-order valence-corrected chi connectivity index (χ2v) is 5.09. The highest BCUT2D eigenvalue weighted by Gasteiger charge is 2.32. The van der Waals surface area contributed by atoms with Gasteiger partial charge in [0.25, 0.3) is 0 Å². The highest BCUT2D eigenvalue weighted by molar-refractivity contribution is 5.72. The van der Waals surface area contributed by atoms with Gasteiger partial charge in [0.2, 0.25) is 0 Å². The van der Waals surface area contributed by atoms with Gasteiger partial charge in [-0.05, 0) is 53.8 Å². The van der Waals surface area contributed by atoms with Crippen LogP contribution in [0.5, 0.6) is 0 Å². The van der Waals surface area contributed by atoms with Gasteiger partial charge in [0, 0.05) is 12.7 Å². The van der Waals surface area contributed by atoms with Crippen LogP contribution in [0.2, 0.25) is 0 Å². The Kier molecular flexibility index (Phi) is 4.59. The molecule has 0 aliphatic heterocycles. The summed E-state index contributed by atoms with van der Waals surface area (Å²) < 4.78 is 39.1. The SMILES string of the molecule is C=CCc1cc(-c2cccc(C(F)(F)F)c2C)ccc1NC. The van der Waals surface area contributed by atoms with Crippen LogP contribution in [0.4, 0.5) is 18.9 Å². The van der Waals surface area contributed by atoms with Gasteiger partial charge < -0.3 is 5.32 Å². The predicted octanol–water partition coefficient (Wildman–Crippen LogP) is 5.45. The van der Waals surface area contributed by atoms with E-state index in [0.29, 0.717) is 12.0 Å². The smallest absolute Gasteiger partial charge is 0.388 e. The van der Waals surface area contributed by atoms with E-state index < -0.39 is 11.7 Å². The largest absolute Gasteiger partial charge is 0.416 e. The summed E-state index contributed by atoms with van der Waals surface area (Å²) in [5.74, 6) is 0. The van der Waals surface area contributed by atoms with Crippen LogP contribution < -0.4 is 5.32 Å². The van der Waals surface area contributed by atoms with E-state index >= 15 is 0 Å². The van der Waals surface area contributed by atoms with Gasteiger partial charge in [-0.3, -0.25) is 0 Å². The van der Waals surface area contributed by atoms with E-state index in [1.165, 1.54) is 13.0 Å². The molecule has 22 heavy (non-hydrogen) atoms. The predicted molar refractivity (Wildman–Crippen MR) is 85.1 cm³/mol. The van der Waals surface area contributed by atoms with Gasteiger partial charge in [-0.2, -0.15) is 13.2 Å². The molecule has 1 nitrogen and oxygen atoms in total. The van der Waals surface area contributed by atoms with Crippen molar-refractivity contribution in [3.05, 3.63) is 65.7 Å². The topological polar surface area (TPSA) is 12.0 Å². The first kappa shape index (κ1) is 16.1. The molecule has 2 aromatic rings. The molecule has 4 heteroatoms. The molecule has 0 aliphatic rings. The molecule has 0 aromatic heterocycles. The van der Waals surface area contributed by atoms with Crippen LogP contribution in [0.15, 0.2) is 49.1 Å². The lowest BCUT2D eigenvalue weighted by molar-refractivity contribution is -0.138. The Morgan fingerprint density at radius 3 is 2.50 bits per heavy atom. The first-order chi connectivity index (χ1) is 10.4. The Labute approximate surface area is 128 Å². The molecule has 0 aliphatic carbocycles. The summed E-state index contributed by atoms with van der Waals surface area (Å²) in [5, 5.41) is 3.08. The van der Waals surface area contributed by atoms with E-state index in [2.05, 4.69) is 11.9 Å². The summed E-state index contributed by atoms with van der Waals surface area (Å²) >= 11 is 0. The van der Waals surface area contributed by atoms with Crippen molar-refractivity contribution in [3.63, 3.8) is 0 Å². The number of anilines is 1. The molecule has 0 unspecified atom stereocenters. The molecule has 0 saturated heterocycles. The summed E-state index contributed by atoms with van der Waals surface area (Å²) in [6.07, 6.45) is -1.91. The van der Waals surface area contributed by atoms with Gasteiger partial charge in [-0.15, -0.1) is 6.58 Å². The molecule has 0 fully saturated rings. The molecule has 116 valence electrons. The average Bonchev–Trinajstić information content (AvgIpc) is 2.46. The van der Waals surface area contributed by atoms with Crippen LogP contribution in [0.1, 0.15) is 16.7 Å².